The molecule has 0 spiro atoms. The van der Waals surface area contributed by atoms with Crippen molar-refractivity contribution in [2.75, 3.05) is 35.6 Å². The molecule has 0 aliphatic carbocycles. The highest BCUT2D eigenvalue weighted by atomic mass is 35.5. The first kappa shape index (κ1) is 20.1. The molecule has 0 radical (unpaired) electrons. The van der Waals surface area contributed by atoms with Gasteiger partial charge in [0.15, 0.2) is 0 Å². The van der Waals surface area contributed by atoms with E-state index in [0.717, 1.165) is 30.2 Å². The van der Waals surface area contributed by atoms with Crippen LogP contribution in [0.2, 0.25) is 0 Å². The van der Waals surface area contributed by atoms with E-state index in [4.69, 9.17) is 5.73 Å². The minimum atomic E-state index is -0.241. The molecule has 1 heterocycles. The maximum atomic E-state index is 12.8. The normalized spacial score (nSPS) is 13.7. The Morgan fingerprint density at radius 1 is 1.12 bits per heavy atom. The molecule has 3 rings (SSSR count). The number of nitrogens with two attached hydrogens (primary N) is 1. The van der Waals surface area contributed by atoms with Crippen LogP contribution in [0.1, 0.15) is 26.3 Å². The van der Waals surface area contributed by atoms with Crippen LogP contribution >= 0.6 is 24.2 Å². The number of amides is 2. The van der Waals surface area contributed by atoms with Gasteiger partial charge in [-0.15, -0.1) is 12.4 Å². The van der Waals surface area contributed by atoms with Gasteiger partial charge in [0.05, 0.1) is 0 Å². The Morgan fingerprint density at radius 3 is 2.50 bits per heavy atom. The SMILES string of the molecule is Cc1c(NC(=O)c2cccc(N)c2)cccc1C(=O)N1CCSCC1.Cl. The van der Waals surface area contributed by atoms with Crippen molar-refractivity contribution in [2.24, 2.45) is 0 Å². The van der Waals surface area contributed by atoms with Gasteiger partial charge in [-0.1, -0.05) is 12.1 Å². The molecular weight excluding hydrogens is 370 g/mol. The van der Waals surface area contributed by atoms with E-state index in [1.165, 1.54) is 0 Å². The summed E-state index contributed by atoms with van der Waals surface area (Å²) in [5, 5.41) is 2.88. The van der Waals surface area contributed by atoms with Gasteiger partial charge in [-0.3, -0.25) is 9.59 Å². The van der Waals surface area contributed by atoms with Crippen molar-refractivity contribution >= 4 is 47.4 Å². The lowest BCUT2D eigenvalue weighted by Crippen LogP contribution is -2.38. The zero-order chi connectivity index (χ0) is 17.8. The molecule has 7 heteroatoms. The van der Waals surface area contributed by atoms with E-state index in [0.29, 0.717) is 22.5 Å². The van der Waals surface area contributed by atoms with Gasteiger partial charge >= 0.3 is 0 Å². The number of nitrogen functional groups attached to an aromatic ring is 1. The molecule has 0 unspecified atom stereocenters. The quantitative estimate of drug-likeness (QED) is 0.786. The number of thioether (sulfide) groups is 1. The summed E-state index contributed by atoms with van der Waals surface area (Å²) in [7, 11) is 0. The number of benzene rings is 2. The average molecular weight is 392 g/mol. The van der Waals surface area contributed by atoms with Crippen molar-refractivity contribution in [3.8, 4) is 0 Å². The Balaban J connectivity index is 0.00000243. The molecule has 0 aromatic heterocycles. The fourth-order valence-corrected chi connectivity index (χ4v) is 3.72. The van der Waals surface area contributed by atoms with Gasteiger partial charge < -0.3 is 16.0 Å². The van der Waals surface area contributed by atoms with E-state index >= 15 is 0 Å². The minimum absolute atomic E-state index is 0. The zero-order valence-electron chi connectivity index (χ0n) is 14.5. The molecule has 3 N–H and O–H groups in total. The molecule has 0 atom stereocenters. The van der Waals surface area contributed by atoms with E-state index in [9.17, 15) is 9.59 Å². The number of carbonyl (C=O) groups excluding carboxylic acids is 2. The zero-order valence-corrected chi connectivity index (χ0v) is 16.2. The summed E-state index contributed by atoms with van der Waals surface area (Å²) < 4.78 is 0. The molecule has 2 amide bonds. The predicted molar refractivity (Wildman–Crippen MR) is 110 cm³/mol. The smallest absolute Gasteiger partial charge is 0.255 e. The first-order valence-corrected chi connectivity index (χ1v) is 9.35. The van der Waals surface area contributed by atoms with E-state index in [2.05, 4.69) is 5.32 Å². The van der Waals surface area contributed by atoms with Gasteiger partial charge in [-0.25, -0.2) is 0 Å². The fourth-order valence-electron chi connectivity index (χ4n) is 2.81. The Hall–Kier alpha value is -2.18. The maximum absolute atomic E-state index is 12.8. The Bertz CT molecular complexity index is 807. The van der Waals surface area contributed by atoms with Gasteiger partial charge in [-0.2, -0.15) is 11.8 Å². The number of halogens is 1. The molecule has 1 saturated heterocycles. The van der Waals surface area contributed by atoms with Crippen LogP contribution in [0.5, 0.6) is 0 Å². The van der Waals surface area contributed by atoms with Gasteiger partial charge in [0.1, 0.15) is 0 Å². The highest BCUT2D eigenvalue weighted by Crippen LogP contribution is 2.22. The lowest BCUT2D eigenvalue weighted by atomic mass is 10.0. The van der Waals surface area contributed by atoms with E-state index in [1.54, 1.807) is 30.3 Å². The number of anilines is 2. The summed E-state index contributed by atoms with van der Waals surface area (Å²) in [5.41, 5.74) is 8.82. The molecule has 1 aliphatic heterocycles. The van der Waals surface area contributed by atoms with Gasteiger partial charge in [0, 0.05) is 47.1 Å². The number of hydrogen-bond donors (Lipinski definition) is 2. The lowest BCUT2D eigenvalue weighted by Gasteiger charge is -2.27. The lowest BCUT2D eigenvalue weighted by molar-refractivity contribution is 0.0771. The van der Waals surface area contributed by atoms with Crippen LogP contribution in [0.3, 0.4) is 0 Å². The van der Waals surface area contributed by atoms with Crippen molar-refractivity contribution in [3.63, 3.8) is 0 Å². The standard InChI is InChI=1S/C19H21N3O2S.ClH/c1-13-16(19(24)22-8-10-25-11-9-22)6-3-7-17(13)21-18(23)14-4-2-5-15(20)12-14;/h2-7,12H,8-11,20H2,1H3,(H,21,23);1H. The van der Waals surface area contributed by atoms with Crippen molar-refractivity contribution in [1.29, 1.82) is 0 Å². The van der Waals surface area contributed by atoms with Crippen molar-refractivity contribution in [3.05, 3.63) is 59.2 Å². The van der Waals surface area contributed by atoms with Crippen LogP contribution in [0.15, 0.2) is 42.5 Å². The van der Waals surface area contributed by atoms with Crippen molar-refractivity contribution < 1.29 is 9.59 Å². The van der Waals surface area contributed by atoms with Gasteiger partial charge in [0.2, 0.25) is 0 Å². The van der Waals surface area contributed by atoms with E-state index in [1.807, 2.05) is 35.7 Å². The first-order valence-electron chi connectivity index (χ1n) is 8.20. The number of nitrogens with one attached hydrogen (secondary N) is 1. The maximum Gasteiger partial charge on any atom is 0.255 e. The second-order valence-corrected chi connectivity index (χ2v) is 7.19. The second kappa shape index (κ2) is 8.96. The molecule has 0 bridgehead atoms. The van der Waals surface area contributed by atoms with Crippen molar-refractivity contribution in [1.82, 2.24) is 4.90 Å². The molecule has 138 valence electrons. The highest BCUT2D eigenvalue weighted by Gasteiger charge is 2.21. The van der Waals surface area contributed by atoms with Crippen LogP contribution in [0.25, 0.3) is 0 Å². The summed E-state index contributed by atoms with van der Waals surface area (Å²) >= 11 is 1.86. The molecule has 1 fully saturated rings. The Labute approximate surface area is 163 Å². The average Bonchev–Trinajstić information content (AvgIpc) is 2.63. The third kappa shape index (κ3) is 4.51. The Morgan fingerprint density at radius 2 is 1.81 bits per heavy atom. The summed E-state index contributed by atoms with van der Waals surface area (Å²) in [6, 6.07) is 12.2. The molecule has 1 aliphatic rings. The molecule has 5 nitrogen and oxygen atoms in total. The van der Waals surface area contributed by atoms with Crippen LogP contribution in [-0.2, 0) is 0 Å². The predicted octanol–water partition coefficient (Wildman–Crippen LogP) is 3.44. The number of hydrogen-bond acceptors (Lipinski definition) is 4. The van der Waals surface area contributed by atoms with E-state index < -0.39 is 0 Å². The summed E-state index contributed by atoms with van der Waals surface area (Å²) in [4.78, 5) is 27.1. The summed E-state index contributed by atoms with van der Waals surface area (Å²) in [6.07, 6.45) is 0. The Kier molecular flexibility index (Phi) is 6.94. The minimum Gasteiger partial charge on any atom is -0.399 e. The number of carbonyl (C=O) groups is 2. The van der Waals surface area contributed by atoms with Gasteiger partial charge in [-0.05, 0) is 42.8 Å². The third-order valence-electron chi connectivity index (χ3n) is 4.26. The van der Waals surface area contributed by atoms with Gasteiger partial charge in [0.25, 0.3) is 11.8 Å². The molecule has 2 aromatic rings. The summed E-state index contributed by atoms with van der Waals surface area (Å²) in [5.74, 6) is 1.72. The van der Waals surface area contributed by atoms with Crippen LogP contribution in [0, 0.1) is 6.92 Å². The van der Waals surface area contributed by atoms with Crippen LogP contribution < -0.4 is 11.1 Å². The first-order chi connectivity index (χ1) is 12.1. The third-order valence-corrected chi connectivity index (χ3v) is 5.20. The molecule has 0 saturated carbocycles. The second-order valence-electron chi connectivity index (χ2n) is 5.96. The number of nitrogens with zero attached hydrogens (tertiary/aromatic N) is 1. The van der Waals surface area contributed by atoms with E-state index in [-0.39, 0.29) is 24.2 Å². The highest BCUT2D eigenvalue weighted by molar-refractivity contribution is 7.99. The molecular formula is C19H22ClN3O2S. The summed E-state index contributed by atoms with van der Waals surface area (Å²) in [6.45, 7) is 3.40. The monoisotopic (exact) mass is 391 g/mol. The number of rotatable bonds is 3. The van der Waals surface area contributed by atoms with Crippen molar-refractivity contribution in [2.45, 2.75) is 6.92 Å². The molecule has 26 heavy (non-hydrogen) atoms. The fraction of sp³-hybridized carbons (Fsp3) is 0.263. The topological polar surface area (TPSA) is 75.4 Å². The van der Waals surface area contributed by atoms with Crippen LogP contribution in [0.4, 0.5) is 11.4 Å². The van der Waals surface area contributed by atoms with Crippen LogP contribution in [-0.4, -0.2) is 41.3 Å². The largest absolute Gasteiger partial charge is 0.399 e. The molecule has 2 aromatic carbocycles.